The van der Waals surface area contributed by atoms with E-state index in [1.54, 1.807) is 19.9 Å². The van der Waals surface area contributed by atoms with Crippen LogP contribution in [0, 0.1) is 5.92 Å². The maximum atomic E-state index is 12.2. The zero-order valence-corrected chi connectivity index (χ0v) is 16.1. The molecule has 8 heteroatoms. The zero-order chi connectivity index (χ0) is 19.8. The standard InChI is InChI=1S/C19H23ClN2O5/c1-3-26-18(24)15(19(25)27-4-2)10-17(23)21-8-7-12-11-22-16-6-5-13(20)9-14(12)16/h5-6,9,11,15,22H,3-4,7-8,10H2,1-2H3,(H,21,23). The van der Waals surface area contributed by atoms with Crippen molar-refractivity contribution in [2.75, 3.05) is 19.8 Å². The van der Waals surface area contributed by atoms with Crippen LogP contribution < -0.4 is 5.32 Å². The van der Waals surface area contributed by atoms with Gasteiger partial charge in [0.15, 0.2) is 5.92 Å². The molecule has 0 unspecified atom stereocenters. The smallest absolute Gasteiger partial charge is 0.320 e. The number of aromatic amines is 1. The predicted molar refractivity (Wildman–Crippen MR) is 101 cm³/mol. The minimum atomic E-state index is -1.25. The quantitative estimate of drug-likeness (QED) is 0.503. The van der Waals surface area contributed by atoms with Crippen LogP contribution in [0.15, 0.2) is 24.4 Å². The topological polar surface area (TPSA) is 97.5 Å². The van der Waals surface area contributed by atoms with Crippen molar-refractivity contribution >= 4 is 40.3 Å². The molecule has 7 nitrogen and oxygen atoms in total. The number of esters is 2. The summed E-state index contributed by atoms with van der Waals surface area (Å²) in [6, 6.07) is 5.56. The van der Waals surface area contributed by atoms with Gasteiger partial charge in [-0.1, -0.05) is 11.6 Å². The van der Waals surface area contributed by atoms with Gasteiger partial charge in [-0.3, -0.25) is 14.4 Å². The number of benzene rings is 1. The number of halogens is 1. The van der Waals surface area contributed by atoms with Gasteiger partial charge in [0, 0.05) is 28.7 Å². The monoisotopic (exact) mass is 394 g/mol. The van der Waals surface area contributed by atoms with Crippen LogP contribution >= 0.6 is 11.6 Å². The van der Waals surface area contributed by atoms with Crippen molar-refractivity contribution in [3.8, 4) is 0 Å². The molecule has 0 saturated heterocycles. The Morgan fingerprint density at radius 3 is 2.44 bits per heavy atom. The van der Waals surface area contributed by atoms with Gasteiger partial charge in [-0.25, -0.2) is 0 Å². The lowest BCUT2D eigenvalue weighted by Crippen LogP contribution is -2.35. The minimum absolute atomic E-state index is 0.124. The largest absolute Gasteiger partial charge is 0.465 e. The molecule has 0 aliphatic rings. The number of carbonyl (C=O) groups excluding carboxylic acids is 3. The molecule has 1 aromatic heterocycles. The number of aromatic nitrogens is 1. The number of fused-ring (bicyclic) bond motifs is 1. The number of hydrogen-bond acceptors (Lipinski definition) is 5. The van der Waals surface area contributed by atoms with Crippen LogP contribution in [-0.4, -0.2) is 42.6 Å². The Morgan fingerprint density at radius 2 is 1.81 bits per heavy atom. The number of nitrogens with one attached hydrogen (secondary N) is 2. The molecule has 1 amide bonds. The third-order valence-electron chi connectivity index (χ3n) is 3.98. The molecule has 0 aliphatic carbocycles. The van der Waals surface area contributed by atoms with Crippen LogP contribution in [0.25, 0.3) is 10.9 Å². The second kappa shape index (κ2) is 9.97. The molecule has 1 heterocycles. The van der Waals surface area contributed by atoms with Crippen molar-refractivity contribution in [1.29, 1.82) is 0 Å². The van der Waals surface area contributed by atoms with E-state index >= 15 is 0 Å². The summed E-state index contributed by atoms with van der Waals surface area (Å²) in [5.74, 6) is -3.18. The van der Waals surface area contributed by atoms with Crippen molar-refractivity contribution in [3.05, 3.63) is 35.0 Å². The lowest BCUT2D eigenvalue weighted by Gasteiger charge is -2.14. The second-order valence-electron chi connectivity index (χ2n) is 5.86. The van der Waals surface area contributed by atoms with Crippen LogP contribution in [0.4, 0.5) is 0 Å². The van der Waals surface area contributed by atoms with E-state index in [9.17, 15) is 14.4 Å². The number of rotatable bonds is 9. The highest BCUT2D eigenvalue weighted by molar-refractivity contribution is 6.31. The Bertz CT molecular complexity index is 800. The number of H-pyrrole nitrogens is 1. The van der Waals surface area contributed by atoms with E-state index in [1.165, 1.54) is 0 Å². The predicted octanol–water partition coefficient (Wildman–Crippen LogP) is 2.61. The van der Waals surface area contributed by atoms with E-state index in [-0.39, 0.29) is 19.6 Å². The average molecular weight is 395 g/mol. The number of carbonyl (C=O) groups is 3. The third kappa shape index (κ3) is 5.72. The lowest BCUT2D eigenvalue weighted by atomic mass is 10.1. The van der Waals surface area contributed by atoms with Gasteiger partial charge in [0.1, 0.15) is 0 Å². The van der Waals surface area contributed by atoms with Crippen LogP contribution in [-0.2, 0) is 30.3 Å². The van der Waals surface area contributed by atoms with Crippen LogP contribution in [0.3, 0.4) is 0 Å². The molecule has 0 aliphatic heterocycles. The molecule has 0 saturated carbocycles. The summed E-state index contributed by atoms with van der Waals surface area (Å²) < 4.78 is 9.72. The molecule has 0 radical (unpaired) electrons. The first-order valence-corrected chi connectivity index (χ1v) is 9.19. The molecular formula is C19H23ClN2O5. The fraction of sp³-hybridized carbons (Fsp3) is 0.421. The van der Waals surface area contributed by atoms with Crippen LogP contribution in [0.1, 0.15) is 25.8 Å². The molecule has 0 atom stereocenters. The highest BCUT2D eigenvalue weighted by Gasteiger charge is 2.31. The second-order valence-corrected chi connectivity index (χ2v) is 6.30. The van der Waals surface area contributed by atoms with E-state index < -0.39 is 23.8 Å². The summed E-state index contributed by atoms with van der Waals surface area (Å²) >= 11 is 6.03. The van der Waals surface area contributed by atoms with Gasteiger partial charge in [0.2, 0.25) is 5.91 Å². The molecular weight excluding hydrogens is 372 g/mol. The molecule has 0 spiro atoms. The highest BCUT2D eigenvalue weighted by atomic mass is 35.5. The zero-order valence-electron chi connectivity index (χ0n) is 15.3. The Balaban J connectivity index is 1.92. The Morgan fingerprint density at radius 1 is 1.15 bits per heavy atom. The first-order chi connectivity index (χ1) is 13.0. The van der Waals surface area contributed by atoms with Crippen molar-refractivity contribution < 1.29 is 23.9 Å². The summed E-state index contributed by atoms with van der Waals surface area (Å²) in [6.45, 7) is 3.87. The van der Waals surface area contributed by atoms with Crippen molar-refractivity contribution in [2.24, 2.45) is 5.92 Å². The summed E-state index contributed by atoms with van der Waals surface area (Å²) in [5.41, 5.74) is 1.98. The molecule has 2 aromatic rings. The van der Waals surface area contributed by atoms with Gasteiger partial charge in [-0.05, 0) is 44.0 Å². The first kappa shape index (κ1) is 20.8. The highest BCUT2D eigenvalue weighted by Crippen LogP contribution is 2.22. The maximum Gasteiger partial charge on any atom is 0.320 e. The number of amides is 1. The van der Waals surface area contributed by atoms with Crippen molar-refractivity contribution in [3.63, 3.8) is 0 Å². The first-order valence-electron chi connectivity index (χ1n) is 8.81. The molecule has 2 rings (SSSR count). The minimum Gasteiger partial charge on any atom is -0.465 e. The molecule has 0 fully saturated rings. The van der Waals surface area contributed by atoms with Crippen molar-refractivity contribution in [2.45, 2.75) is 26.7 Å². The van der Waals surface area contributed by atoms with Gasteiger partial charge in [-0.15, -0.1) is 0 Å². The fourth-order valence-electron chi connectivity index (χ4n) is 2.70. The Labute approximate surface area is 162 Å². The van der Waals surface area contributed by atoms with E-state index in [0.29, 0.717) is 18.0 Å². The van der Waals surface area contributed by atoms with Crippen LogP contribution in [0.2, 0.25) is 5.02 Å². The molecule has 0 bridgehead atoms. The molecule has 2 N–H and O–H groups in total. The van der Waals surface area contributed by atoms with E-state index in [4.69, 9.17) is 21.1 Å². The number of ether oxygens (including phenoxy) is 2. The van der Waals surface area contributed by atoms with E-state index in [0.717, 1.165) is 16.5 Å². The van der Waals surface area contributed by atoms with Gasteiger partial charge in [0.05, 0.1) is 19.6 Å². The SMILES string of the molecule is CCOC(=O)C(CC(=O)NCCc1c[nH]c2ccc(Cl)cc12)C(=O)OCC. The normalized spacial score (nSPS) is 10.8. The molecule has 146 valence electrons. The Kier molecular flexibility index (Phi) is 7.67. The summed E-state index contributed by atoms with van der Waals surface area (Å²) in [7, 11) is 0. The summed E-state index contributed by atoms with van der Waals surface area (Å²) in [5, 5.41) is 4.35. The van der Waals surface area contributed by atoms with Crippen LogP contribution in [0.5, 0.6) is 0 Å². The van der Waals surface area contributed by atoms with Crippen molar-refractivity contribution in [1.82, 2.24) is 10.3 Å². The lowest BCUT2D eigenvalue weighted by molar-refractivity contribution is -0.163. The van der Waals surface area contributed by atoms with Gasteiger partial charge in [0.25, 0.3) is 0 Å². The average Bonchev–Trinajstić information content (AvgIpc) is 3.02. The molecule has 27 heavy (non-hydrogen) atoms. The fourth-order valence-corrected chi connectivity index (χ4v) is 2.87. The van der Waals surface area contributed by atoms with E-state index in [2.05, 4.69) is 10.3 Å². The van der Waals surface area contributed by atoms with Gasteiger partial charge >= 0.3 is 11.9 Å². The summed E-state index contributed by atoms with van der Waals surface area (Å²) in [6.07, 6.45) is 2.14. The third-order valence-corrected chi connectivity index (χ3v) is 4.21. The Hall–Kier alpha value is -2.54. The molecule has 1 aromatic carbocycles. The maximum absolute atomic E-state index is 12.2. The number of hydrogen-bond donors (Lipinski definition) is 2. The summed E-state index contributed by atoms with van der Waals surface area (Å²) in [4.78, 5) is 39.1. The van der Waals surface area contributed by atoms with E-state index in [1.807, 2.05) is 18.3 Å². The van der Waals surface area contributed by atoms with Gasteiger partial charge < -0.3 is 19.8 Å². The van der Waals surface area contributed by atoms with Gasteiger partial charge in [-0.2, -0.15) is 0 Å².